The van der Waals surface area contributed by atoms with Gasteiger partial charge in [-0.2, -0.15) is 0 Å². The standard InChI is InChI=1S/C13H21ClN2/c1-4-10(5-2)13(15-3)8-11-6-7-16-9-12(11)14/h6-7,9-10,13,15H,4-5,8H2,1-3H3. The van der Waals surface area contributed by atoms with Crippen LogP contribution in [0.15, 0.2) is 18.5 Å². The molecule has 1 aromatic rings. The maximum atomic E-state index is 6.13. The van der Waals surface area contributed by atoms with E-state index in [2.05, 4.69) is 24.1 Å². The molecule has 0 aromatic carbocycles. The third-order valence-electron chi connectivity index (χ3n) is 3.28. The Labute approximate surface area is 103 Å². The molecule has 3 heteroatoms. The van der Waals surface area contributed by atoms with E-state index in [-0.39, 0.29) is 0 Å². The summed E-state index contributed by atoms with van der Waals surface area (Å²) in [7, 11) is 2.03. The second-order valence-electron chi connectivity index (χ2n) is 4.14. The lowest BCUT2D eigenvalue weighted by Crippen LogP contribution is -2.35. The van der Waals surface area contributed by atoms with Crippen LogP contribution < -0.4 is 5.32 Å². The van der Waals surface area contributed by atoms with E-state index >= 15 is 0 Å². The zero-order chi connectivity index (χ0) is 12.0. The molecule has 1 heterocycles. The summed E-state index contributed by atoms with van der Waals surface area (Å²) in [6.45, 7) is 4.49. The van der Waals surface area contributed by atoms with Crippen molar-refractivity contribution in [2.75, 3.05) is 7.05 Å². The number of likely N-dealkylation sites (N-methyl/N-ethyl adjacent to an activating group) is 1. The minimum atomic E-state index is 0.495. The Morgan fingerprint density at radius 2 is 2.06 bits per heavy atom. The number of nitrogens with one attached hydrogen (secondary N) is 1. The van der Waals surface area contributed by atoms with Crippen molar-refractivity contribution in [2.45, 2.75) is 39.2 Å². The van der Waals surface area contributed by atoms with Crippen LogP contribution in [0, 0.1) is 5.92 Å². The van der Waals surface area contributed by atoms with Gasteiger partial charge in [-0.05, 0) is 31.0 Å². The van der Waals surface area contributed by atoms with Crippen LogP contribution in [0.2, 0.25) is 5.02 Å². The van der Waals surface area contributed by atoms with Gasteiger partial charge in [0.1, 0.15) is 0 Å². The van der Waals surface area contributed by atoms with Gasteiger partial charge < -0.3 is 5.32 Å². The van der Waals surface area contributed by atoms with Crippen molar-refractivity contribution in [1.82, 2.24) is 10.3 Å². The fourth-order valence-electron chi connectivity index (χ4n) is 2.17. The second-order valence-corrected chi connectivity index (χ2v) is 4.55. The van der Waals surface area contributed by atoms with E-state index in [1.54, 1.807) is 12.4 Å². The predicted molar refractivity (Wildman–Crippen MR) is 69.9 cm³/mol. The van der Waals surface area contributed by atoms with E-state index in [1.165, 1.54) is 18.4 Å². The first kappa shape index (κ1) is 13.5. The van der Waals surface area contributed by atoms with Crippen LogP contribution in [0.3, 0.4) is 0 Å². The highest BCUT2D eigenvalue weighted by molar-refractivity contribution is 6.31. The molecule has 0 aliphatic carbocycles. The van der Waals surface area contributed by atoms with Crippen LogP contribution in [-0.2, 0) is 6.42 Å². The molecule has 1 unspecified atom stereocenters. The maximum Gasteiger partial charge on any atom is 0.0621 e. The van der Waals surface area contributed by atoms with E-state index in [1.807, 2.05) is 13.1 Å². The number of nitrogens with zero attached hydrogens (tertiary/aromatic N) is 1. The minimum Gasteiger partial charge on any atom is -0.316 e. The summed E-state index contributed by atoms with van der Waals surface area (Å²) in [5.41, 5.74) is 1.18. The van der Waals surface area contributed by atoms with Crippen LogP contribution >= 0.6 is 11.6 Å². The highest BCUT2D eigenvalue weighted by Crippen LogP contribution is 2.21. The number of hydrogen-bond acceptors (Lipinski definition) is 2. The topological polar surface area (TPSA) is 24.9 Å². The normalized spacial score (nSPS) is 13.1. The SMILES string of the molecule is CCC(CC)C(Cc1ccncc1Cl)NC. The smallest absolute Gasteiger partial charge is 0.0621 e. The highest BCUT2D eigenvalue weighted by atomic mass is 35.5. The molecule has 16 heavy (non-hydrogen) atoms. The Kier molecular flexibility index (Phi) is 5.78. The number of aromatic nitrogens is 1. The summed E-state index contributed by atoms with van der Waals surface area (Å²) in [6, 6.07) is 2.50. The predicted octanol–water partition coefficient (Wildman–Crippen LogP) is 3.30. The zero-order valence-corrected chi connectivity index (χ0v) is 11.1. The first-order valence-corrected chi connectivity index (χ1v) is 6.36. The van der Waals surface area contributed by atoms with Crippen molar-refractivity contribution in [2.24, 2.45) is 5.92 Å². The van der Waals surface area contributed by atoms with Gasteiger partial charge in [0.15, 0.2) is 0 Å². The summed E-state index contributed by atoms with van der Waals surface area (Å²) in [4.78, 5) is 4.01. The Morgan fingerprint density at radius 3 is 2.56 bits per heavy atom. The molecule has 0 amide bonds. The molecule has 1 rings (SSSR count). The van der Waals surface area contributed by atoms with E-state index < -0.39 is 0 Å². The van der Waals surface area contributed by atoms with Gasteiger partial charge >= 0.3 is 0 Å². The lowest BCUT2D eigenvalue weighted by atomic mass is 9.90. The summed E-state index contributed by atoms with van der Waals surface area (Å²) in [5, 5.41) is 4.17. The van der Waals surface area contributed by atoms with Gasteiger partial charge in [0.2, 0.25) is 0 Å². The molecule has 1 atom stereocenters. The first-order chi connectivity index (χ1) is 7.72. The first-order valence-electron chi connectivity index (χ1n) is 5.98. The molecule has 0 saturated heterocycles. The molecule has 0 radical (unpaired) electrons. The van der Waals surface area contributed by atoms with E-state index in [4.69, 9.17) is 11.6 Å². The molecular formula is C13H21ClN2. The lowest BCUT2D eigenvalue weighted by Gasteiger charge is -2.25. The number of hydrogen-bond donors (Lipinski definition) is 1. The van der Waals surface area contributed by atoms with Crippen LogP contribution in [0.5, 0.6) is 0 Å². The monoisotopic (exact) mass is 240 g/mol. The second kappa shape index (κ2) is 6.87. The van der Waals surface area contributed by atoms with Gasteiger partial charge in [-0.3, -0.25) is 4.98 Å². The van der Waals surface area contributed by atoms with Crippen molar-refractivity contribution < 1.29 is 0 Å². The minimum absolute atomic E-state index is 0.495. The molecule has 2 nitrogen and oxygen atoms in total. The molecule has 0 aliphatic rings. The molecule has 0 fully saturated rings. The Hall–Kier alpha value is -0.600. The van der Waals surface area contributed by atoms with E-state index in [9.17, 15) is 0 Å². The van der Waals surface area contributed by atoms with Gasteiger partial charge in [0, 0.05) is 18.4 Å². The summed E-state index contributed by atoms with van der Waals surface area (Å²) in [5.74, 6) is 0.703. The zero-order valence-electron chi connectivity index (χ0n) is 10.3. The third-order valence-corrected chi connectivity index (χ3v) is 3.63. The van der Waals surface area contributed by atoms with E-state index in [0.717, 1.165) is 11.4 Å². The number of rotatable bonds is 6. The molecule has 90 valence electrons. The summed E-state index contributed by atoms with van der Waals surface area (Å²) >= 11 is 6.13. The van der Waals surface area contributed by atoms with Crippen LogP contribution in [0.4, 0.5) is 0 Å². The Morgan fingerprint density at radius 1 is 1.38 bits per heavy atom. The number of pyridine rings is 1. The maximum absolute atomic E-state index is 6.13. The van der Waals surface area contributed by atoms with Crippen molar-refractivity contribution in [1.29, 1.82) is 0 Å². The molecule has 0 spiro atoms. The molecular weight excluding hydrogens is 220 g/mol. The highest BCUT2D eigenvalue weighted by Gasteiger charge is 2.17. The van der Waals surface area contributed by atoms with Crippen LogP contribution in [0.1, 0.15) is 32.3 Å². The van der Waals surface area contributed by atoms with Gasteiger partial charge in [-0.25, -0.2) is 0 Å². The van der Waals surface area contributed by atoms with Gasteiger partial charge in [0.05, 0.1) is 5.02 Å². The fourth-order valence-corrected chi connectivity index (χ4v) is 2.37. The van der Waals surface area contributed by atoms with Gasteiger partial charge in [0.25, 0.3) is 0 Å². The molecule has 1 aromatic heterocycles. The Bertz CT molecular complexity index is 311. The molecule has 0 bridgehead atoms. The average molecular weight is 241 g/mol. The van der Waals surface area contributed by atoms with Crippen molar-refractivity contribution in [3.8, 4) is 0 Å². The van der Waals surface area contributed by atoms with Gasteiger partial charge in [-0.1, -0.05) is 38.3 Å². The largest absolute Gasteiger partial charge is 0.316 e. The summed E-state index contributed by atoms with van der Waals surface area (Å²) in [6.07, 6.45) is 6.90. The average Bonchev–Trinajstić information content (AvgIpc) is 2.31. The van der Waals surface area contributed by atoms with Crippen molar-refractivity contribution in [3.05, 3.63) is 29.0 Å². The molecule has 0 aliphatic heterocycles. The quantitative estimate of drug-likeness (QED) is 0.825. The summed E-state index contributed by atoms with van der Waals surface area (Å²) < 4.78 is 0. The third kappa shape index (κ3) is 3.46. The van der Waals surface area contributed by atoms with Crippen LogP contribution in [0.25, 0.3) is 0 Å². The Balaban J connectivity index is 2.73. The van der Waals surface area contributed by atoms with Gasteiger partial charge in [-0.15, -0.1) is 0 Å². The lowest BCUT2D eigenvalue weighted by molar-refractivity contribution is 0.349. The molecule has 1 N–H and O–H groups in total. The van der Waals surface area contributed by atoms with Crippen molar-refractivity contribution in [3.63, 3.8) is 0 Å². The van der Waals surface area contributed by atoms with Crippen LogP contribution in [-0.4, -0.2) is 18.1 Å². The van der Waals surface area contributed by atoms with E-state index in [0.29, 0.717) is 12.0 Å². The van der Waals surface area contributed by atoms with Crippen molar-refractivity contribution >= 4 is 11.6 Å². The fraction of sp³-hybridized carbons (Fsp3) is 0.615. The molecule has 0 saturated carbocycles. The number of halogens is 1.